The summed E-state index contributed by atoms with van der Waals surface area (Å²) in [4.78, 5) is 8.09. The third-order valence-corrected chi connectivity index (χ3v) is 1.82. The fourth-order valence-electron chi connectivity index (χ4n) is 0.824. The van der Waals surface area contributed by atoms with Gasteiger partial charge in [0.05, 0.1) is 17.7 Å². The second-order valence-electron chi connectivity index (χ2n) is 2.55. The molecule has 0 aliphatic carbocycles. The van der Waals surface area contributed by atoms with E-state index in [0.717, 1.165) is 4.47 Å². The molecular weight excluding hydrogens is 248 g/mol. The van der Waals surface area contributed by atoms with Crippen LogP contribution in [-0.2, 0) is 4.74 Å². The van der Waals surface area contributed by atoms with E-state index < -0.39 is 0 Å². The van der Waals surface area contributed by atoms with Crippen molar-refractivity contribution in [2.45, 2.75) is 0 Å². The molecule has 0 spiro atoms. The van der Waals surface area contributed by atoms with Gasteiger partial charge in [-0.05, 0) is 15.9 Å². The highest BCUT2D eigenvalue weighted by Gasteiger charge is 1.94. The molecule has 5 nitrogen and oxygen atoms in total. The van der Waals surface area contributed by atoms with Crippen LogP contribution >= 0.6 is 15.9 Å². The van der Waals surface area contributed by atoms with Crippen LogP contribution < -0.4 is 11.1 Å². The first-order valence-electron chi connectivity index (χ1n) is 4.32. The summed E-state index contributed by atoms with van der Waals surface area (Å²) in [6, 6.07) is 0. The number of ether oxygens (including phenoxy) is 1. The Labute approximate surface area is 91.2 Å². The zero-order chi connectivity index (χ0) is 10.2. The maximum Gasteiger partial charge on any atom is 0.222 e. The van der Waals surface area contributed by atoms with Gasteiger partial charge in [-0.25, -0.2) is 9.97 Å². The van der Waals surface area contributed by atoms with Gasteiger partial charge in [0.1, 0.15) is 0 Å². The lowest BCUT2D eigenvalue weighted by Gasteiger charge is -2.04. The van der Waals surface area contributed by atoms with Crippen molar-refractivity contribution in [3.63, 3.8) is 0 Å². The minimum Gasteiger partial charge on any atom is -0.378 e. The Morgan fingerprint density at radius 3 is 2.71 bits per heavy atom. The predicted molar refractivity (Wildman–Crippen MR) is 58.1 cm³/mol. The lowest BCUT2D eigenvalue weighted by molar-refractivity contribution is 0.151. The van der Waals surface area contributed by atoms with Gasteiger partial charge in [-0.3, -0.25) is 0 Å². The highest BCUT2D eigenvalue weighted by Crippen LogP contribution is 2.06. The molecule has 1 aromatic heterocycles. The van der Waals surface area contributed by atoms with Crippen molar-refractivity contribution in [1.82, 2.24) is 9.97 Å². The molecule has 0 atom stereocenters. The Kier molecular flexibility index (Phi) is 5.43. The van der Waals surface area contributed by atoms with Crippen LogP contribution in [0.15, 0.2) is 16.9 Å². The summed E-state index contributed by atoms with van der Waals surface area (Å²) in [7, 11) is 0. The van der Waals surface area contributed by atoms with Crippen LogP contribution in [-0.4, -0.2) is 36.3 Å². The zero-order valence-corrected chi connectivity index (χ0v) is 9.33. The van der Waals surface area contributed by atoms with Crippen LogP contribution in [0, 0.1) is 0 Å². The molecule has 14 heavy (non-hydrogen) atoms. The number of hydrogen-bond acceptors (Lipinski definition) is 5. The molecule has 0 aliphatic rings. The fraction of sp³-hybridized carbons (Fsp3) is 0.500. The quantitative estimate of drug-likeness (QED) is 0.734. The molecule has 0 bridgehead atoms. The number of hydrogen-bond donors (Lipinski definition) is 2. The van der Waals surface area contributed by atoms with Gasteiger partial charge in [-0.15, -0.1) is 0 Å². The van der Waals surface area contributed by atoms with Crippen molar-refractivity contribution < 1.29 is 4.74 Å². The van der Waals surface area contributed by atoms with Crippen molar-refractivity contribution in [3.8, 4) is 0 Å². The van der Waals surface area contributed by atoms with Gasteiger partial charge in [0.2, 0.25) is 5.95 Å². The van der Waals surface area contributed by atoms with Gasteiger partial charge in [0.15, 0.2) is 0 Å². The van der Waals surface area contributed by atoms with Crippen LogP contribution in [0.3, 0.4) is 0 Å². The van der Waals surface area contributed by atoms with Gasteiger partial charge in [0, 0.05) is 25.5 Å². The summed E-state index contributed by atoms with van der Waals surface area (Å²) in [6.45, 7) is 2.43. The minimum absolute atomic E-state index is 0.550. The third kappa shape index (κ3) is 4.50. The number of nitrogens with one attached hydrogen (secondary N) is 1. The van der Waals surface area contributed by atoms with Gasteiger partial charge < -0.3 is 15.8 Å². The van der Waals surface area contributed by atoms with Crippen molar-refractivity contribution in [1.29, 1.82) is 0 Å². The second-order valence-corrected chi connectivity index (χ2v) is 3.47. The first-order valence-corrected chi connectivity index (χ1v) is 5.11. The van der Waals surface area contributed by atoms with Crippen LogP contribution in [0.2, 0.25) is 0 Å². The molecule has 0 aliphatic heterocycles. The Morgan fingerprint density at radius 2 is 2.07 bits per heavy atom. The second kappa shape index (κ2) is 6.69. The van der Waals surface area contributed by atoms with Crippen LogP contribution in [0.1, 0.15) is 0 Å². The summed E-state index contributed by atoms with van der Waals surface area (Å²) in [5, 5.41) is 3.02. The van der Waals surface area contributed by atoms with E-state index in [1.165, 1.54) is 0 Å². The summed E-state index contributed by atoms with van der Waals surface area (Å²) in [5.74, 6) is 0.601. The molecular formula is C8H13BrN4O. The Morgan fingerprint density at radius 1 is 1.36 bits per heavy atom. The van der Waals surface area contributed by atoms with E-state index in [0.29, 0.717) is 32.3 Å². The van der Waals surface area contributed by atoms with Crippen LogP contribution in [0.25, 0.3) is 0 Å². The van der Waals surface area contributed by atoms with Crippen molar-refractivity contribution in [2.75, 3.05) is 31.6 Å². The maximum absolute atomic E-state index is 5.26. The first kappa shape index (κ1) is 11.4. The fourth-order valence-corrected chi connectivity index (χ4v) is 1.03. The van der Waals surface area contributed by atoms with Crippen LogP contribution in [0.5, 0.6) is 0 Å². The van der Waals surface area contributed by atoms with E-state index in [1.54, 1.807) is 12.4 Å². The maximum atomic E-state index is 5.26. The summed E-state index contributed by atoms with van der Waals surface area (Å²) >= 11 is 3.26. The van der Waals surface area contributed by atoms with E-state index >= 15 is 0 Å². The summed E-state index contributed by atoms with van der Waals surface area (Å²) < 4.78 is 6.04. The van der Waals surface area contributed by atoms with E-state index in [1.807, 2.05) is 0 Å². The SMILES string of the molecule is NCCOCCNc1ncc(Br)cn1. The number of aromatic nitrogens is 2. The highest BCUT2D eigenvalue weighted by molar-refractivity contribution is 9.10. The molecule has 3 N–H and O–H groups in total. The van der Waals surface area contributed by atoms with E-state index in [4.69, 9.17) is 10.5 Å². The number of halogens is 1. The molecule has 1 heterocycles. The molecule has 0 amide bonds. The lowest BCUT2D eigenvalue weighted by Crippen LogP contribution is -2.15. The smallest absolute Gasteiger partial charge is 0.222 e. The van der Waals surface area contributed by atoms with E-state index in [9.17, 15) is 0 Å². The molecule has 1 aromatic rings. The van der Waals surface area contributed by atoms with Gasteiger partial charge in [-0.1, -0.05) is 0 Å². The minimum atomic E-state index is 0.550. The Hall–Kier alpha value is -0.720. The molecule has 78 valence electrons. The van der Waals surface area contributed by atoms with Crippen molar-refractivity contribution >= 4 is 21.9 Å². The normalized spacial score (nSPS) is 10.1. The Balaban J connectivity index is 2.15. The molecule has 0 fully saturated rings. The van der Waals surface area contributed by atoms with E-state index in [-0.39, 0.29) is 0 Å². The first-order chi connectivity index (χ1) is 6.83. The largest absolute Gasteiger partial charge is 0.378 e. The zero-order valence-electron chi connectivity index (χ0n) is 7.74. The summed E-state index contributed by atoms with van der Waals surface area (Å²) in [5.41, 5.74) is 5.26. The number of nitrogens with zero attached hydrogens (tertiary/aromatic N) is 2. The molecule has 0 aromatic carbocycles. The average molecular weight is 261 g/mol. The molecule has 1 rings (SSSR count). The van der Waals surface area contributed by atoms with E-state index in [2.05, 4.69) is 31.2 Å². The third-order valence-electron chi connectivity index (χ3n) is 1.41. The molecule has 0 unspecified atom stereocenters. The monoisotopic (exact) mass is 260 g/mol. The van der Waals surface area contributed by atoms with Crippen molar-refractivity contribution in [3.05, 3.63) is 16.9 Å². The molecule has 0 radical (unpaired) electrons. The molecule has 0 saturated carbocycles. The number of nitrogens with two attached hydrogens (primary N) is 1. The average Bonchev–Trinajstić information content (AvgIpc) is 2.21. The van der Waals surface area contributed by atoms with Gasteiger partial charge >= 0.3 is 0 Å². The molecule has 0 saturated heterocycles. The number of rotatable bonds is 6. The van der Waals surface area contributed by atoms with Crippen molar-refractivity contribution in [2.24, 2.45) is 5.73 Å². The summed E-state index contributed by atoms with van der Waals surface area (Å²) in [6.07, 6.45) is 3.38. The van der Waals surface area contributed by atoms with Gasteiger partial charge in [0.25, 0.3) is 0 Å². The predicted octanol–water partition coefficient (Wildman–Crippen LogP) is 0.626. The van der Waals surface area contributed by atoms with Crippen LogP contribution in [0.4, 0.5) is 5.95 Å². The topological polar surface area (TPSA) is 73.1 Å². The van der Waals surface area contributed by atoms with Gasteiger partial charge in [-0.2, -0.15) is 0 Å². The standard InChI is InChI=1S/C8H13BrN4O/c9-7-5-12-8(13-6-7)11-2-4-14-3-1-10/h5-6H,1-4,10H2,(H,11,12,13). The highest BCUT2D eigenvalue weighted by atomic mass is 79.9. The Bertz CT molecular complexity index is 254. The number of anilines is 1. The molecule has 6 heteroatoms. The lowest BCUT2D eigenvalue weighted by atomic mass is 10.6.